The van der Waals surface area contributed by atoms with Gasteiger partial charge in [-0.05, 0) is 18.4 Å². The summed E-state index contributed by atoms with van der Waals surface area (Å²) in [6.07, 6.45) is 2.22. The average molecular weight is 217 g/mol. The standard InChI is InChI=1S/C14H19NO/c1-11(2)14(16)15-10-6-9-13(15)12-7-4-3-5-8-12/h3-5,7-8,11,13H,6,9-10H2,1-2H3/t13-/m0/s1. The fourth-order valence-electron chi connectivity index (χ4n) is 2.38. The molecular weight excluding hydrogens is 198 g/mol. The first-order valence-corrected chi connectivity index (χ1v) is 6.05. The molecule has 0 aliphatic carbocycles. The maximum absolute atomic E-state index is 12.1. The number of carbonyl (C=O) groups excluding carboxylic acids is 1. The minimum atomic E-state index is 0.101. The van der Waals surface area contributed by atoms with Crippen LogP contribution in [0.15, 0.2) is 30.3 Å². The minimum Gasteiger partial charge on any atom is -0.335 e. The second-order valence-electron chi connectivity index (χ2n) is 4.76. The van der Waals surface area contributed by atoms with E-state index in [0.29, 0.717) is 6.04 Å². The highest BCUT2D eigenvalue weighted by atomic mass is 16.2. The van der Waals surface area contributed by atoms with Gasteiger partial charge in [-0.1, -0.05) is 44.2 Å². The number of carbonyl (C=O) groups is 1. The van der Waals surface area contributed by atoms with Gasteiger partial charge in [-0.3, -0.25) is 4.79 Å². The Morgan fingerprint density at radius 2 is 2.00 bits per heavy atom. The lowest BCUT2D eigenvalue weighted by Crippen LogP contribution is -2.33. The summed E-state index contributed by atoms with van der Waals surface area (Å²) in [5.74, 6) is 0.385. The molecule has 1 fully saturated rings. The molecule has 16 heavy (non-hydrogen) atoms. The number of rotatable bonds is 2. The molecule has 0 saturated carbocycles. The summed E-state index contributed by atoms with van der Waals surface area (Å²) in [7, 11) is 0. The molecule has 0 bridgehead atoms. The van der Waals surface area contributed by atoms with Crippen molar-refractivity contribution in [2.24, 2.45) is 5.92 Å². The van der Waals surface area contributed by atoms with Crippen LogP contribution in [0.3, 0.4) is 0 Å². The van der Waals surface area contributed by atoms with Crippen molar-refractivity contribution in [1.29, 1.82) is 0 Å². The first-order valence-electron chi connectivity index (χ1n) is 6.05. The highest BCUT2D eigenvalue weighted by Gasteiger charge is 2.30. The molecular formula is C14H19NO. The molecule has 0 unspecified atom stereocenters. The second kappa shape index (κ2) is 4.69. The van der Waals surface area contributed by atoms with Gasteiger partial charge in [0.15, 0.2) is 0 Å². The van der Waals surface area contributed by atoms with Crippen LogP contribution in [0.5, 0.6) is 0 Å². The van der Waals surface area contributed by atoms with Crippen LogP contribution < -0.4 is 0 Å². The van der Waals surface area contributed by atoms with Gasteiger partial charge in [0.1, 0.15) is 0 Å². The number of hydrogen-bond acceptors (Lipinski definition) is 1. The highest BCUT2D eigenvalue weighted by molar-refractivity contribution is 5.78. The van der Waals surface area contributed by atoms with E-state index >= 15 is 0 Å². The Labute approximate surface area is 97.3 Å². The van der Waals surface area contributed by atoms with Gasteiger partial charge in [-0.25, -0.2) is 0 Å². The van der Waals surface area contributed by atoms with E-state index in [-0.39, 0.29) is 11.8 Å². The fourth-order valence-corrected chi connectivity index (χ4v) is 2.38. The van der Waals surface area contributed by atoms with E-state index in [1.54, 1.807) is 0 Å². The topological polar surface area (TPSA) is 20.3 Å². The van der Waals surface area contributed by atoms with Crippen LogP contribution >= 0.6 is 0 Å². The van der Waals surface area contributed by atoms with E-state index < -0.39 is 0 Å². The summed E-state index contributed by atoms with van der Waals surface area (Å²) in [5.41, 5.74) is 1.27. The average Bonchev–Trinajstić information content (AvgIpc) is 2.77. The van der Waals surface area contributed by atoms with Crippen molar-refractivity contribution < 1.29 is 4.79 Å². The van der Waals surface area contributed by atoms with Crippen LogP contribution in [0.1, 0.15) is 38.3 Å². The van der Waals surface area contributed by atoms with Crippen molar-refractivity contribution >= 4 is 5.91 Å². The molecule has 1 saturated heterocycles. The quantitative estimate of drug-likeness (QED) is 0.745. The molecule has 2 heteroatoms. The summed E-state index contributed by atoms with van der Waals surface area (Å²) in [5, 5.41) is 0. The number of hydrogen-bond donors (Lipinski definition) is 0. The van der Waals surface area contributed by atoms with Crippen molar-refractivity contribution in [3.05, 3.63) is 35.9 Å². The molecule has 1 aromatic carbocycles. The maximum atomic E-state index is 12.1. The predicted molar refractivity (Wildman–Crippen MR) is 65.0 cm³/mol. The molecule has 2 rings (SSSR count). The van der Waals surface area contributed by atoms with Gasteiger partial charge < -0.3 is 4.90 Å². The summed E-state index contributed by atoms with van der Waals surface area (Å²) in [4.78, 5) is 14.1. The molecule has 1 aliphatic rings. The summed E-state index contributed by atoms with van der Waals surface area (Å²) < 4.78 is 0. The third-order valence-corrected chi connectivity index (χ3v) is 3.21. The smallest absolute Gasteiger partial charge is 0.225 e. The van der Waals surface area contributed by atoms with Gasteiger partial charge in [0.25, 0.3) is 0 Å². The molecule has 1 aliphatic heterocycles. The van der Waals surface area contributed by atoms with Crippen LogP contribution in [0, 0.1) is 5.92 Å². The first kappa shape index (κ1) is 11.2. The zero-order chi connectivity index (χ0) is 11.5. The summed E-state index contributed by atoms with van der Waals surface area (Å²) >= 11 is 0. The normalized spacial score (nSPS) is 20.4. The zero-order valence-electron chi connectivity index (χ0n) is 10.0. The van der Waals surface area contributed by atoms with Crippen molar-refractivity contribution in [3.63, 3.8) is 0 Å². The Balaban J connectivity index is 2.19. The molecule has 0 aromatic heterocycles. The van der Waals surface area contributed by atoms with Crippen LogP contribution in [-0.2, 0) is 4.79 Å². The highest BCUT2D eigenvalue weighted by Crippen LogP contribution is 2.32. The SMILES string of the molecule is CC(C)C(=O)N1CCC[C@H]1c1ccccc1. The van der Waals surface area contributed by atoms with Gasteiger partial charge in [-0.15, -0.1) is 0 Å². The molecule has 86 valence electrons. The number of amides is 1. The van der Waals surface area contributed by atoms with Gasteiger partial charge >= 0.3 is 0 Å². The first-order chi connectivity index (χ1) is 7.70. The molecule has 0 radical (unpaired) electrons. The van der Waals surface area contributed by atoms with Gasteiger partial charge in [-0.2, -0.15) is 0 Å². The zero-order valence-corrected chi connectivity index (χ0v) is 10.0. The van der Waals surface area contributed by atoms with Crippen LogP contribution in [0.4, 0.5) is 0 Å². The summed E-state index contributed by atoms with van der Waals surface area (Å²) in [6, 6.07) is 10.7. The predicted octanol–water partition coefficient (Wildman–Crippen LogP) is 3.01. The monoisotopic (exact) mass is 217 g/mol. The maximum Gasteiger partial charge on any atom is 0.225 e. The Kier molecular flexibility index (Phi) is 3.28. The van der Waals surface area contributed by atoms with Gasteiger partial charge in [0.2, 0.25) is 5.91 Å². The largest absolute Gasteiger partial charge is 0.335 e. The lowest BCUT2D eigenvalue weighted by Gasteiger charge is -2.26. The van der Waals surface area contributed by atoms with Crippen molar-refractivity contribution in [2.45, 2.75) is 32.7 Å². The van der Waals surface area contributed by atoms with Crippen molar-refractivity contribution in [1.82, 2.24) is 4.90 Å². The Hall–Kier alpha value is -1.31. The molecule has 2 nitrogen and oxygen atoms in total. The van der Waals surface area contributed by atoms with E-state index in [4.69, 9.17) is 0 Å². The van der Waals surface area contributed by atoms with Crippen molar-refractivity contribution in [3.8, 4) is 0 Å². The van der Waals surface area contributed by atoms with Crippen molar-refractivity contribution in [2.75, 3.05) is 6.54 Å². The Morgan fingerprint density at radius 3 is 2.62 bits per heavy atom. The van der Waals surface area contributed by atoms with Crippen LogP contribution in [0.2, 0.25) is 0 Å². The lowest BCUT2D eigenvalue weighted by atomic mass is 10.0. The third-order valence-electron chi connectivity index (χ3n) is 3.21. The van der Waals surface area contributed by atoms with E-state index in [9.17, 15) is 4.79 Å². The molecule has 1 heterocycles. The molecule has 1 amide bonds. The van der Waals surface area contributed by atoms with E-state index in [1.165, 1.54) is 5.56 Å². The van der Waals surface area contributed by atoms with Crippen LogP contribution in [-0.4, -0.2) is 17.4 Å². The van der Waals surface area contributed by atoms with E-state index in [0.717, 1.165) is 19.4 Å². The lowest BCUT2D eigenvalue weighted by molar-refractivity contribution is -0.135. The number of benzene rings is 1. The third kappa shape index (κ3) is 2.11. The molecule has 1 aromatic rings. The van der Waals surface area contributed by atoms with Crippen LogP contribution in [0.25, 0.3) is 0 Å². The van der Waals surface area contributed by atoms with E-state index in [1.807, 2.05) is 36.9 Å². The second-order valence-corrected chi connectivity index (χ2v) is 4.76. The number of nitrogens with zero attached hydrogens (tertiary/aromatic N) is 1. The molecule has 1 atom stereocenters. The van der Waals surface area contributed by atoms with E-state index in [2.05, 4.69) is 12.1 Å². The number of likely N-dealkylation sites (tertiary alicyclic amines) is 1. The van der Waals surface area contributed by atoms with Gasteiger partial charge in [0, 0.05) is 12.5 Å². The molecule has 0 N–H and O–H groups in total. The minimum absolute atomic E-state index is 0.101. The Morgan fingerprint density at radius 1 is 1.31 bits per heavy atom. The Bertz CT molecular complexity index is 358. The summed E-state index contributed by atoms with van der Waals surface area (Å²) in [6.45, 7) is 4.86. The van der Waals surface area contributed by atoms with Gasteiger partial charge in [0.05, 0.1) is 6.04 Å². The fraction of sp³-hybridized carbons (Fsp3) is 0.500. The molecule has 0 spiro atoms.